The van der Waals surface area contributed by atoms with Crippen LogP contribution in [-0.4, -0.2) is 34.0 Å². The average Bonchev–Trinajstić information content (AvgIpc) is 2.61. The Morgan fingerprint density at radius 2 is 2.00 bits per heavy atom. The maximum absolute atomic E-state index is 12.6. The van der Waals surface area contributed by atoms with Gasteiger partial charge in [-0.25, -0.2) is 4.79 Å². The molecule has 0 bridgehead atoms. The molecular weight excluding hydrogens is 330 g/mol. The molecule has 2 heterocycles. The first-order valence-corrected chi connectivity index (χ1v) is 9.04. The lowest BCUT2D eigenvalue weighted by Gasteiger charge is -2.35. The van der Waals surface area contributed by atoms with Gasteiger partial charge >= 0.3 is 6.03 Å². The number of aromatic nitrogens is 1. The van der Waals surface area contributed by atoms with Crippen molar-refractivity contribution in [1.29, 1.82) is 0 Å². The first-order chi connectivity index (χ1) is 11.2. The van der Waals surface area contributed by atoms with Gasteiger partial charge in [-0.05, 0) is 35.4 Å². The zero-order valence-corrected chi connectivity index (χ0v) is 14.2. The number of halogens is 1. The Bertz CT molecular complexity index is 651. The van der Waals surface area contributed by atoms with Crippen molar-refractivity contribution >= 4 is 29.4 Å². The topological polar surface area (TPSA) is 45.2 Å². The van der Waals surface area contributed by atoms with Crippen LogP contribution in [0.2, 0.25) is 5.02 Å². The van der Waals surface area contributed by atoms with Gasteiger partial charge in [0.15, 0.2) is 0 Å². The molecule has 1 saturated heterocycles. The van der Waals surface area contributed by atoms with Crippen LogP contribution in [0.5, 0.6) is 0 Å². The molecule has 1 aromatic heterocycles. The summed E-state index contributed by atoms with van der Waals surface area (Å²) in [5, 5.41) is 3.72. The maximum atomic E-state index is 12.6. The van der Waals surface area contributed by atoms with E-state index in [9.17, 15) is 4.79 Å². The van der Waals surface area contributed by atoms with Gasteiger partial charge in [-0.15, -0.1) is 0 Å². The van der Waals surface area contributed by atoms with Crippen LogP contribution < -0.4 is 5.32 Å². The Morgan fingerprint density at radius 3 is 2.74 bits per heavy atom. The minimum Gasteiger partial charge on any atom is -0.334 e. The van der Waals surface area contributed by atoms with E-state index in [0.29, 0.717) is 11.6 Å². The molecule has 0 aliphatic carbocycles. The van der Waals surface area contributed by atoms with Gasteiger partial charge in [-0.3, -0.25) is 4.98 Å². The van der Waals surface area contributed by atoms with E-state index in [4.69, 9.17) is 11.6 Å². The normalized spacial score (nSPS) is 17.8. The fourth-order valence-electron chi connectivity index (χ4n) is 2.59. The van der Waals surface area contributed by atoms with E-state index in [1.165, 1.54) is 0 Å². The summed E-state index contributed by atoms with van der Waals surface area (Å²) >= 11 is 7.84. The van der Waals surface area contributed by atoms with Gasteiger partial charge in [-0.1, -0.05) is 23.7 Å². The maximum Gasteiger partial charge on any atom is 0.318 e. The third-order valence-electron chi connectivity index (χ3n) is 3.84. The number of pyridine rings is 1. The van der Waals surface area contributed by atoms with Gasteiger partial charge in [0.1, 0.15) is 0 Å². The SMILES string of the molecule is O=C(NCc1ccncc1)N1CCSC[C@@H]1c1ccc(Cl)cc1. The Morgan fingerprint density at radius 1 is 1.26 bits per heavy atom. The lowest BCUT2D eigenvalue weighted by Crippen LogP contribution is -2.46. The Labute approximate surface area is 145 Å². The predicted octanol–water partition coefficient (Wildman–Crippen LogP) is 3.73. The molecule has 1 aliphatic rings. The summed E-state index contributed by atoms with van der Waals surface area (Å²) in [6.45, 7) is 1.26. The lowest BCUT2D eigenvalue weighted by molar-refractivity contribution is 0.182. The van der Waals surface area contributed by atoms with Gasteiger partial charge in [-0.2, -0.15) is 11.8 Å². The molecule has 0 radical (unpaired) electrons. The van der Waals surface area contributed by atoms with Gasteiger partial charge in [0, 0.05) is 42.0 Å². The van der Waals surface area contributed by atoms with E-state index in [1.54, 1.807) is 12.4 Å². The smallest absolute Gasteiger partial charge is 0.318 e. The molecule has 2 aromatic rings. The molecule has 0 saturated carbocycles. The molecule has 1 N–H and O–H groups in total. The van der Waals surface area contributed by atoms with E-state index < -0.39 is 0 Å². The zero-order valence-electron chi connectivity index (χ0n) is 12.6. The van der Waals surface area contributed by atoms with Gasteiger partial charge in [0.25, 0.3) is 0 Å². The molecule has 120 valence electrons. The third-order valence-corrected chi connectivity index (χ3v) is 5.11. The van der Waals surface area contributed by atoms with Crippen LogP contribution in [0.3, 0.4) is 0 Å². The number of thioether (sulfide) groups is 1. The number of hydrogen-bond acceptors (Lipinski definition) is 3. The number of hydrogen-bond donors (Lipinski definition) is 1. The van der Waals surface area contributed by atoms with Crippen molar-refractivity contribution in [3.05, 3.63) is 64.9 Å². The van der Waals surface area contributed by atoms with Crippen LogP contribution in [0, 0.1) is 0 Å². The fraction of sp³-hybridized carbons (Fsp3) is 0.294. The number of carbonyl (C=O) groups excluding carboxylic acids is 1. The quantitative estimate of drug-likeness (QED) is 0.920. The van der Waals surface area contributed by atoms with Crippen LogP contribution in [0.25, 0.3) is 0 Å². The average molecular weight is 348 g/mol. The highest BCUT2D eigenvalue weighted by atomic mass is 35.5. The van der Waals surface area contributed by atoms with E-state index >= 15 is 0 Å². The van der Waals surface area contributed by atoms with Crippen molar-refractivity contribution in [3.8, 4) is 0 Å². The second kappa shape index (κ2) is 7.70. The van der Waals surface area contributed by atoms with E-state index in [-0.39, 0.29) is 12.1 Å². The van der Waals surface area contributed by atoms with Gasteiger partial charge < -0.3 is 10.2 Å². The zero-order chi connectivity index (χ0) is 16.1. The lowest BCUT2D eigenvalue weighted by atomic mass is 10.1. The second-order valence-electron chi connectivity index (χ2n) is 5.35. The number of nitrogens with zero attached hydrogens (tertiary/aromatic N) is 2. The Balaban J connectivity index is 1.68. The van der Waals surface area contributed by atoms with Gasteiger partial charge in [0.2, 0.25) is 0 Å². The molecule has 1 fully saturated rings. The fourth-order valence-corrected chi connectivity index (χ4v) is 3.80. The monoisotopic (exact) mass is 347 g/mol. The van der Waals surface area contributed by atoms with Crippen LogP contribution in [0.1, 0.15) is 17.2 Å². The molecule has 23 heavy (non-hydrogen) atoms. The Hall–Kier alpha value is -1.72. The molecular formula is C17H18ClN3OS. The number of urea groups is 1. The Kier molecular flexibility index (Phi) is 5.41. The van der Waals surface area contributed by atoms with Crippen LogP contribution in [0.15, 0.2) is 48.8 Å². The highest BCUT2D eigenvalue weighted by molar-refractivity contribution is 7.99. The van der Waals surface area contributed by atoms with E-state index in [1.807, 2.05) is 53.1 Å². The van der Waals surface area contributed by atoms with E-state index in [0.717, 1.165) is 29.2 Å². The summed E-state index contributed by atoms with van der Waals surface area (Å²) in [5.74, 6) is 1.87. The molecule has 4 nitrogen and oxygen atoms in total. The number of benzene rings is 1. The van der Waals surface area contributed by atoms with Gasteiger partial charge in [0.05, 0.1) is 6.04 Å². The summed E-state index contributed by atoms with van der Waals surface area (Å²) < 4.78 is 0. The molecule has 0 spiro atoms. The third kappa shape index (κ3) is 4.18. The number of carbonyl (C=O) groups is 1. The van der Waals surface area contributed by atoms with Crippen molar-refractivity contribution in [2.75, 3.05) is 18.1 Å². The van der Waals surface area contributed by atoms with Crippen molar-refractivity contribution in [2.45, 2.75) is 12.6 Å². The first-order valence-electron chi connectivity index (χ1n) is 7.50. The minimum absolute atomic E-state index is 0.0259. The van der Waals surface area contributed by atoms with E-state index in [2.05, 4.69) is 10.3 Å². The molecule has 1 atom stereocenters. The van der Waals surface area contributed by atoms with Crippen molar-refractivity contribution < 1.29 is 4.79 Å². The standard InChI is InChI=1S/C17H18ClN3OS/c18-15-3-1-14(2-4-15)16-12-23-10-9-21(16)17(22)20-11-13-5-7-19-8-6-13/h1-8,16H,9-12H2,(H,20,22)/t16-/m1/s1. The highest BCUT2D eigenvalue weighted by Gasteiger charge is 2.28. The molecule has 0 unspecified atom stereocenters. The molecule has 6 heteroatoms. The molecule has 3 rings (SSSR count). The minimum atomic E-state index is -0.0259. The summed E-state index contributed by atoms with van der Waals surface area (Å²) in [5.41, 5.74) is 2.17. The van der Waals surface area contributed by atoms with Crippen LogP contribution in [-0.2, 0) is 6.54 Å². The molecule has 2 amide bonds. The van der Waals surface area contributed by atoms with Crippen LogP contribution in [0.4, 0.5) is 4.79 Å². The highest BCUT2D eigenvalue weighted by Crippen LogP contribution is 2.30. The van der Waals surface area contributed by atoms with Crippen molar-refractivity contribution in [3.63, 3.8) is 0 Å². The number of amides is 2. The number of rotatable bonds is 3. The summed E-state index contributed by atoms with van der Waals surface area (Å²) in [6.07, 6.45) is 3.46. The largest absolute Gasteiger partial charge is 0.334 e. The van der Waals surface area contributed by atoms with Crippen molar-refractivity contribution in [2.24, 2.45) is 0 Å². The van der Waals surface area contributed by atoms with Crippen molar-refractivity contribution in [1.82, 2.24) is 15.2 Å². The molecule has 1 aliphatic heterocycles. The second-order valence-corrected chi connectivity index (χ2v) is 6.94. The summed E-state index contributed by atoms with van der Waals surface area (Å²) in [6, 6.07) is 11.6. The van der Waals surface area contributed by atoms with Crippen LogP contribution >= 0.6 is 23.4 Å². The molecule has 1 aromatic carbocycles. The summed E-state index contributed by atoms with van der Waals surface area (Å²) in [4.78, 5) is 18.5. The number of nitrogens with one attached hydrogen (secondary N) is 1. The first kappa shape index (κ1) is 16.1. The predicted molar refractivity (Wildman–Crippen MR) is 94.7 cm³/mol. The summed E-state index contributed by atoms with van der Waals surface area (Å²) in [7, 11) is 0.